The fourth-order valence-electron chi connectivity index (χ4n) is 2.20. The molecular weight excluding hydrogens is 324 g/mol. The summed E-state index contributed by atoms with van der Waals surface area (Å²) >= 11 is 6.16. The Hall–Kier alpha value is -2.79. The summed E-state index contributed by atoms with van der Waals surface area (Å²) < 4.78 is 5.22. The van der Waals surface area contributed by atoms with Gasteiger partial charge in [0.15, 0.2) is 0 Å². The van der Waals surface area contributed by atoms with E-state index in [1.807, 2.05) is 54.6 Å². The summed E-state index contributed by atoms with van der Waals surface area (Å²) in [6, 6.07) is 17.2. The Labute approximate surface area is 145 Å². The first-order valence-corrected chi connectivity index (χ1v) is 7.83. The van der Waals surface area contributed by atoms with E-state index in [-0.39, 0.29) is 0 Å². The van der Waals surface area contributed by atoms with Gasteiger partial charge in [-0.3, -0.25) is 0 Å². The van der Waals surface area contributed by atoms with Crippen molar-refractivity contribution in [2.45, 2.75) is 6.54 Å². The predicted molar refractivity (Wildman–Crippen MR) is 97.1 cm³/mol. The normalized spacial score (nSPS) is 10.2. The average Bonchev–Trinajstić information content (AvgIpc) is 2.61. The Morgan fingerprint density at radius 1 is 1.00 bits per heavy atom. The molecule has 2 N–H and O–H groups in total. The van der Waals surface area contributed by atoms with Crippen molar-refractivity contribution in [3.8, 4) is 5.75 Å². The molecule has 5 nitrogen and oxygen atoms in total. The molecule has 3 rings (SSSR count). The lowest BCUT2D eigenvalue weighted by molar-refractivity contribution is 0.415. The number of halogens is 1. The van der Waals surface area contributed by atoms with Gasteiger partial charge in [0.1, 0.15) is 23.7 Å². The molecule has 0 saturated carbocycles. The second-order valence-electron chi connectivity index (χ2n) is 5.09. The largest absolute Gasteiger partial charge is 0.497 e. The maximum absolute atomic E-state index is 6.16. The Kier molecular flexibility index (Phi) is 5.13. The fraction of sp³-hybridized carbons (Fsp3) is 0.111. The highest BCUT2D eigenvalue weighted by Gasteiger charge is 2.03. The van der Waals surface area contributed by atoms with Crippen LogP contribution in [-0.4, -0.2) is 17.1 Å². The molecule has 0 fully saturated rings. The van der Waals surface area contributed by atoms with E-state index in [1.165, 1.54) is 6.33 Å². The van der Waals surface area contributed by atoms with Crippen LogP contribution in [0.1, 0.15) is 5.56 Å². The molecule has 24 heavy (non-hydrogen) atoms. The first-order chi connectivity index (χ1) is 11.7. The predicted octanol–water partition coefficient (Wildman–Crippen LogP) is 4.49. The first-order valence-electron chi connectivity index (χ1n) is 7.45. The third-order valence-corrected chi connectivity index (χ3v) is 3.80. The highest BCUT2D eigenvalue weighted by Crippen LogP contribution is 2.21. The van der Waals surface area contributed by atoms with Crippen molar-refractivity contribution in [1.29, 1.82) is 0 Å². The second kappa shape index (κ2) is 7.66. The highest BCUT2D eigenvalue weighted by molar-refractivity contribution is 6.31. The van der Waals surface area contributed by atoms with Crippen molar-refractivity contribution in [3.63, 3.8) is 0 Å². The lowest BCUT2D eigenvalue weighted by Gasteiger charge is -2.10. The first kappa shape index (κ1) is 16.1. The van der Waals surface area contributed by atoms with Crippen LogP contribution in [0.5, 0.6) is 5.75 Å². The van der Waals surface area contributed by atoms with Gasteiger partial charge in [-0.15, -0.1) is 0 Å². The molecule has 0 radical (unpaired) electrons. The smallest absolute Gasteiger partial charge is 0.135 e. The molecule has 0 aliphatic heterocycles. The molecule has 122 valence electrons. The van der Waals surface area contributed by atoms with Gasteiger partial charge >= 0.3 is 0 Å². The summed E-state index contributed by atoms with van der Waals surface area (Å²) in [6.45, 7) is 0.593. The Bertz CT molecular complexity index is 825. The fourth-order valence-corrected chi connectivity index (χ4v) is 2.40. The maximum Gasteiger partial charge on any atom is 0.135 e. The summed E-state index contributed by atoms with van der Waals surface area (Å²) in [4.78, 5) is 8.46. The maximum atomic E-state index is 6.16. The molecule has 1 aromatic heterocycles. The van der Waals surface area contributed by atoms with Gasteiger partial charge in [0.25, 0.3) is 0 Å². The van der Waals surface area contributed by atoms with E-state index in [0.29, 0.717) is 12.4 Å². The summed E-state index contributed by atoms with van der Waals surface area (Å²) in [5, 5.41) is 7.21. The van der Waals surface area contributed by atoms with Crippen LogP contribution >= 0.6 is 11.6 Å². The molecule has 2 aromatic carbocycles. The van der Waals surface area contributed by atoms with E-state index in [4.69, 9.17) is 16.3 Å². The van der Waals surface area contributed by atoms with Gasteiger partial charge in [0.05, 0.1) is 7.11 Å². The number of ether oxygens (including phenoxy) is 1. The topological polar surface area (TPSA) is 59.1 Å². The van der Waals surface area contributed by atoms with Crippen LogP contribution in [0.2, 0.25) is 5.02 Å². The van der Waals surface area contributed by atoms with Gasteiger partial charge in [-0.05, 0) is 23.8 Å². The zero-order chi connectivity index (χ0) is 16.8. The number of anilines is 3. The van der Waals surface area contributed by atoms with Crippen molar-refractivity contribution >= 4 is 28.9 Å². The Morgan fingerprint density at radius 2 is 1.83 bits per heavy atom. The highest BCUT2D eigenvalue weighted by atomic mass is 35.5. The van der Waals surface area contributed by atoms with Gasteiger partial charge in [0.2, 0.25) is 0 Å². The lowest BCUT2D eigenvalue weighted by atomic mass is 10.2. The third-order valence-electron chi connectivity index (χ3n) is 3.43. The van der Waals surface area contributed by atoms with E-state index >= 15 is 0 Å². The molecule has 0 aliphatic carbocycles. The molecule has 0 spiro atoms. The molecule has 0 bridgehead atoms. The van der Waals surface area contributed by atoms with Crippen LogP contribution < -0.4 is 15.4 Å². The van der Waals surface area contributed by atoms with E-state index in [0.717, 1.165) is 27.8 Å². The zero-order valence-corrected chi connectivity index (χ0v) is 13.9. The van der Waals surface area contributed by atoms with Crippen LogP contribution in [0.4, 0.5) is 17.3 Å². The van der Waals surface area contributed by atoms with Crippen LogP contribution in [-0.2, 0) is 6.54 Å². The number of aromatic nitrogens is 2. The van der Waals surface area contributed by atoms with Crippen molar-refractivity contribution in [3.05, 3.63) is 71.5 Å². The van der Waals surface area contributed by atoms with E-state index in [9.17, 15) is 0 Å². The molecule has 0 atom stereocenters. The van der Waals surface area contributed by atoms with Gasteiger partial charge in [-0.1, -0.05) is 35.9 Å². The van der Waals surface area contributed by atoms with Crippen LogP contribution in [0, 0.1) is 0 Å². The average molecular weight is 341 g/mol. The SMILES string of the molecule is COc1cccc(Nc2cc(NCc3ccccc3Cl)ncn2)c1. The molecular formula is C18H17ClN4O. The summed E-state index contributed by atoms with van der Waals surface area (Å²) in [5.74, 6) is 2.20. The van der Waals surface area contributed by atoms with Crippen molar-refractivity contribution in [2.24, 2.45) is 0 Å². The van der Waals surface area contributed by atoms with E-state index in [2.05, 4.69) is 20.6 Å². The van der Waals surface area contributed by atoms with Crippen molar-refractivity contribution < 1.29 is 4.74 Å². The molecule has 0 unspecified atom stereocenters. The molecule has 1 heterocycles. The zero-order valence-electron chi connectivity index (χ0n) is 13.2. The standard InChI is InChI=1S/C18H17ClN4O/c1-24-15-7-4-6-14(9-15)23-18-10-17(21-12-22-18)20-11-13-5-2-3-8-16(13)19/h2-10,12H,11H2,1H3,(H2,20,21,22,23). The molecule has 0 aliphatic rings. The minimum absolute atomic E-state index is 0.593. The quantitative estimate of drug-likeness (QED) is 0.692. The number of rotatable bonds is 6. The molecule has 0 saturated heterocycles. The van der Waals surface area contributed by atoms with E-state index in [1.54, 1.807) is 7.11 Å². The van der Waals surface area contributed by atoms with Gasteiger partial charge in [-0.25, -0.2) is 9.97 Å². The van der Waals surface area contributed by atoms with Gasteiger partial charge < -0.3 is 15.4 Å². The number of hydrogen-bond acceptors (Lipinski definition) is 5. The minimum Gasteiger partial charge on any atom is -0.497 e. The van der Waals surface area contributed by atoms with E-state index < -0.39 is 0 Å². The summed E-state index contributed by atoms with van der Waals surface area (Å²) in [7, 11) is 1.64. The van der Waals surface area contributed by atoms with Crippen molar-refractivity contribution in [1.82, 2.24) is 9.97 Å². The Balaban J connectivity index is 1.68. The number of methoxy groups -OCH3 is 1. The van der Waals surface area contributed by atoms with Crippen LogP contribution in [0.25, 0.3) is 0 Å². The minimum atomic E-state index is 0.593. The van der Waals surface area contributed by atoms with Gasteiger partial charge in [0, 0.05) is 29.4 Å². The number of nitrogens with one attached hydrogen (secondary N) is 2. The molecule has 3 aromatic rings. The van der Waals surface area contributed by atoms with Crippen LogP contribution in [0.3, 0.4) is 0 Å². The molecule has 6 heteroatoms. The van der Waals surface area contributed by atoms with Crippen molar-refractivity contribution in [2.75, 3.05) is 17.7 Å². The number of hydrogen-bond donors (Lipinski definition) is 2. The molecule has 0 amide bonds. The Morgan fingerprint density at radius 3 is 2.67 bits per heavy atom. The third kappa shape index (κ3) is 4.14. The summed E-state index contributed by atoms with van der Waals surface area (Å²) in [6.07, 6.45) is 1.51. The summed E-state index contributed by atoms with van der Waals surface area (Å²) in [5.41, 5.74) is 1.91. The van der Waals surface area contributed by atoms with Gasteiger partial charge in [-0.2, -0.15) is 0 Å². The monoisotopic (exact) mass is 340 g/mol. The lowest BCUT2D eigenvalue weighted by Crippen LogP contribution is -2.03. The number of benzene rings is 2. The van der Waals surface area contributed by atoms with Crippen LogP contribution in [0.15, 0.2) is 60.9 Å². The second-order valence-corrected chi connectivity index (χ2v) is 5.50. The number of nitrogens with zero attached hydrogens (tertiary/aromatic N) is 2.